The number of piperazine rings is 1. The molecule has 3 aromatic rings. The van der Waals surface area contributed by atoms with E-state index >= 15 is 0 Å². The minimum atomic E-state index is -4.39. The van der Waals surface area contributed by atoms with E-state index in [0.29, 0.717) is 43.5 Å². The number of nitrogen functional groups attached to an aromatic ring is 1. The predicted molar refractivity (Wildman–Crippen MR) is 109 cm³/mol. The van der Waals surface area contributed by atoms with E-state index in [0.717, 1.165) is 23.5 Å². The summed E-state index contributed by atoms with van der Waals surface area (Å²) in [6, 6.07) is 2.56. The van der Waals surface area contributed by atoms with Gasteiger partial charge in [-0.15, -0.1) is 0 Å². The molecule has 1 fully saturated rings. The van der Waals surface area contributed by atoms with Crippen molar-refractivity contribution in [3.8, 4) is 11.5 Å². The van der Waals surface area contributed by atoms with Crippen molar-refractivity contribution in [1.82, 2.24) is 30.0 Å². The van der Waals surface area contributed by atoms with E-state index in [1.807, 2.05) is 11.8 Å². The molecule has 0 radical (unpaired) electrons. The van der Waals surface area contributed by atoms with Crippen LogP contribution in [0.4, 0.5) is 19.0 Å². The third-order valence-corrected chi connectivity index (χ3v) is 5.30. The van der Waals surface area contributed by atoms with Gasteiger partial charge in [-0.1, -0.05) is 0 Å². The van der Waals surface area contributed by atoms with Gasteiger partial charge in [0.05, 0.1) is 18.0 Å². The van der Waals surface area contributed by atoms with Gasteiger partial charge < -0.3 is 15.6 Å². The lowest BCUT2D eigenvalue weighted by Gasteiger charge is -2.40. The Kier molecular flexibility index (Phi) is 5.39. The minimum absolute atomic E-state index is 0.0706. The molecule has 0 spiro atoms. The van der Waals surface area contributed by atoms with Gasteiger partial charge in [-0.2, -0.15) is 18.3 Å². The van der Waals surface area contributed by atoms with Crippen LogP contribution in [0.1, 0.15) is 23.7 Å². The number of nitrogens with zero attached hydrogens (tertiary/aromatic N) is 5. The Morgan fingerprint density at radius 2 is 2.03 bits per heavy atom. The summed E-state index contributed by atoms with van der Waals surface area (Å²) in [6.45, 7) is 4.72. The molecule has 1 aliphatic rings. The van der Waals surface area contributed by atoms with E-state index < -0.39 is 11.7 Å². The van der Waals surface area contributed by atoms with Gasteiger partial charge in [0.25, 0.3) is 0 Å². The monoisotopic (exact) mass is 433 g/mol. The first kappa shape index (κ1) is 20.8. The van der Waals surface area contributed by atoms with E-state index in [4.69, 9.17) is 11.1 Å². The maximum atomic E-state index is 12.8. The first-order valence-electron chi connectivity index (χ1n) is 9.66. The molecule has 4 heterocycles. The number of nitrogens with two attached hydrogens (primary N) is 1. The molecule has 164 valence electrons. The van der Waals surface area contributed by atoms with E-state index in [1.54, 1.807) is 6.20 Å². The van der Waals surface area contributed by atoms with Crippen LogP contribution >= 0.6 is 0 Å². The average Bonchev–Trinajstić information content (AvgIpc) is 3.37. The molecule has 0 saturated carbocycles. The van der Waals surface area contributed by atoms with Crippen molar-refractivity contribution < 1.29 is 13.2 Å². The van der Waals surface area contributed by atoms with Crippen LogP contribution in [-0.4, -0.2) is 61.6 Å². The molecule has 0 aromatic carbocycles. The lowest BCUT2D eigenvalue weighted by Crippen LogP contribution is -2.51. The van der Waals surface area contributed by atoms with Crippen LogP contribution in [0, 0.1) is 5.41 Å². The number of hydrogen-bond donors (Lipinski definition) is 4. The molecular formula is C19H22F3N9. The molecule has 0 aliphatic carbocycles. The van der Waals surface area contributed by atoms with Crippen molar-refractivity contribution in [3.05, 3.63) is 47.5 Å². The van der Waals surface area contributed by atoms with Crippen molar-refractivity contribution in [1.29, 1.82) is 5.41 Å². The van der Waals surface area contributed by atoms with Crippen LogP contribution in [0.15, 0.2) is 30.7 Å². The number of aromatic nitrogens is 5. The summed E-state index contributed by atoms with van der Waals surface area (Å²) in [5.41, 5.74) is 6.84. The number of alkyl halides is 3. The lowest BCUT2D eigenvalue weighted by molar-refractivity contribution is -0.137. The third-order valence-electron chi connectivity index (χ3n) is 5.30. The summed E-state index contributed by atoms with van der Waals surface area (Å²) in [6.07, 6.45) is -0.276. The maximum absolute atomic E-state index is 12.8. The number of pyridine rings is 1. The number of hydrogen-bond acceptors (Lipinski definition) is 6. The van der Waals surface area contributed by atoms with Crippen molar-refractivity contribution in [2.75, 3.05) is 24.5 Å². The second-order valence-corrected chi connectivity index (χ2v) is 7.51. The second-order valence-electron chi connectivity index (χ2n) is 7.51. The fourth-order valence-corrected chi connectivity index (χ4v) is 3.70. The largest absolute Gasteiger partial charge is 0.417 e. The predicted octanol–water partition coefficient (Wildman–Crippen LogP) is 2.21. The Bertz CT molecular complexity index is 1050. The zero-order valence-electron chi connectivity index (χ0n) is 16.7. The van der Waals surface area contributed by atoms with Crippen LogP contribution < -0.4 is 10.6 Å². The molecule has 0 amide bonds. The number of nitrogens with one attached hydrogen (secondary N) is 3. The Hall–Kier alpha value is -3.41. The molecule has 4 rings (SSSR count). The number of halogens is 3. The van der Waals surface area contributed by atoms with Gasteiger partial charge in [0, 0.05) is 44.0 Å². The molecule has 12 heteroatoms. The van der Waals surface area contributed by atoms with Gasteiger partial charge >= 0.3 is 6.18 Å². The van der Waals surface area contributed by atoms with Crippen molar-refractivity contribution >= 4 is 11.7 Å². The first-order chi connectivity index (χ1) is 14.7. The molecule has 31 heavy (non-hydrogen) atoms. The maximum Gasteiger partial charge on any atom is 0.417 e. The van der Waals surface area contributed by atoms with E-state index in [9.17, 15) is 13.2 Å². The van der Waals surface area contributed by atoms with E-state index in [-0.39, 0.29) is 11.9 Å². The van der Waals surface area contributed by atoms with Gasteiger partial charge in [0.15, 0.2) is 5.82 Å². The number of anilines is 1. The topological polar surface area (TPSA) is 127 Å². The zero-order chi connectivity index (χ0) is 22.2. The summed E-state index contributed by atoms with van der Waals surface area (Å²) < 4.78 is 38.3. The highest BCUT2D eigenvalue weighted by molar-refractivity contribution is 5.93. The summed E-state index contributed by atoms with van der Waals surface area (Å²) in [5.74, 6) is 0.997. The number of rotatable bonds is 5. The normalized spacial score (nSPS) is 17.8. The van der Waals surface area contributed by atoms with Gasteiger partial charge in [0.1, 0.15) is 23.0 Å². The summed E-state index contributed by atoms with van der Waals surface area (Å²) >= 11 is 0. The fraction of sp³-hybridized carbons (Fsp3) is 0.368. The Balaban J connectivity index is 1.42. The number of amidine groups is 1. The highest BCUT2D eigenvalue weighted by atomic mass is 19.4. The van der Waals surface area contributed by atoms with Crippen LogP contribution in [0.25, 0.3) is 11.5 Å². The molecule has 1 aliphatic heterocycles. The van der Waals surface area contributed by atoms with Gasteiger partial charge in [0.2, 0.25) is 0 Å². The SMILES string of the molecule is C[C@@H]1CN(Cc2cn[nH]c2-c2ncc(C(=N)N)[nH]2)CCN1c1ccc(C(F)(F)F)cn1. The smallest absolute Gasteiger partial charge is 0.382 e. The molecule has 0 unspecified atom stereocenters. The molecule has 3 aromatic heterocycles. The Labute approximate surface area is 176 Å². The first-order valence-corrected chi connectivity index (χ1v) is 9.66. The quantitative estimate of drug-likeness (QED) is 0.361. The molecule has 1 atom stereocenters. The summed E-state index contributed by atoms with van der Waals surface area (Å²) in [5, 5.41) is 14.5. The Morgan fingerprint density at radius 1 is 1.23 bits per heavy atom. The van der Waals surface area contributed by atoms with Crippen LogP contribution in [0.3, 0.4) is 0 Å². The fourth-order valence-electron chi connectivity index (χ4n) is 3.70. The molecule has 0 bridgehead atoms. The van der Waals surface area contributed by atoms with Crippen molar-refractivity contribution in [2.24, 2.45) is 5.73 Å². The van der Waals surface area contributed by atoms with Crippen LogP contribution in [0.2, 0.25) is 0 Å². The average molecular weight is 433 g/mol. The highest BCUT2D eigenvalue weighted by Gasteiger charge is 2.32. The van der Waals surface area contributed by atoms with Crippen LogP contribution in [-0.2, 0) is 12.7 Å². The number of H-pyrrole nitrogens is 2. The number of imidazole rings is 1. The number of aromatic amines is 2. The van der Waals surface area contributed by atoms with Gasteiger partial charge in [-0.3, -0.25) is 15.4 Å². The van der Waals surface area contributed by atoms with E-state index in [2.05, 4.69) is 30.0 Å². The third kappa shape index (κ3) is 4.38. The minimum Gasteiger partial charge on any atom is -0.382 e. The van der Waals surface area contributed by atoms with Crippen molar-refractivity contribution in [3.63, 3.8) is 0 Å². The second kappa shape index (κ2) is 8.02. The standard InChI is InChI=1S/C19H22F3N9/c1-11-9-30(4-5-31(11)15-3-2-13(7-25-15)19(20,21)22)10-12-6-27-29-16(12)18-26-8-14(28-18)17(23)24/h2-3,6-8,11H,4-5,9-10H2,1H3,(H3,23,24)(H,26,28)(H,27,29)/t11-/m1/s1. The summed E-state index contributed by atoms with van der Waals surface area (Å²) in [4.78, 5) is 15.5. The zero-order valence-corrected chi connectivity index (χ0v) is 16.7. The molecule has 9 nitrogen and oxygen atoms in total. The van der Waals surface area contributed by atoms with E-state index in [1.165, 1.54) is 12.3 Å². The molecule has 1 saturated heterocycles. The Morgan fingerprint density at radius 3 is 2.65 bits per heavy atom. The lowest BCUT2D eigenvalue weighted by atomic mass is 10.1. The van der Waals surface area contributed by atoms with Crippen LogP contribution in [0.5, 0.6) is 0 Å². The van der Waals surface area contributed by atoms with Gasteiger partial charge in [-0.25, -0.2) is 9.97 Å². The van der Waals surface area contributed by atoms with Gasteiger partial charge in [-0.05, 0) is 19.1 Å². The molecular weight excluding hydrogens is 411 g/mol. The summed E-state index contributed by atoms with van der Waals surface area (Å²) in [7, 11) is 0. The molecule has 5 N–H and O–H groups in total. The highest BCUT2D eigenvalue weighted by Crippen LogP contribution is 2.30. The van der Waals surface area contributed by atoms with Crippen molar-refractivity contribution in [2.45, 2.75) is 25.7 Å².